The molecule has 1 unspecified atom stereocenters. The van der Waals surface area contributed by atoms with Crippen LogP contribution in [0.1, 0.15) is 0 Å². The summed E-state index contributed by atoms with van der Waals surface area (Å²) in [5, 5.41) is 17.5. The van der Waals surface area contributed by atoms with Crippen molar-refractivity contribution in [3.63, 3.8) is 0 Å². The summed E-state index contributed by atoms with van der Waals surface area (Å²) in [6, 6.07) is 6.57. The molecule has 0 aliphatic heterocycles. The van der Waals surface area contributed by atoms with Gasteiger partial charge in [-0.25, -0.2) is 0 Å². The molecule has 1 aromatic carbocycles. The van der Waals surface area contributed by atoms with E-state index in [1.54, 1.807) is 18.2 Å². The first-order valence-electron chi connectivity index (χ1n) is 4.34. The fourth-order valence-corrected chi connectivity index (χ4v) is 1.40. The molecular weight excluding hydrogens is 214 g/mol. The first kappa shape index (κ1) is 9.90. The Bertz CT molecular complexity index is 527. The Morgan fingerprint density at radius 3 is 2.93 bits per heavy atom. The SMILES string of the molecule is N#CC(N)Cn1nc2ccc(Cl)cc2n1. The van der Waals surface area contributed by atoms with Gasteiger partial charge < -0.3 is 5.73 Å². The Morgan fingerprint density at radius 1 is 1.47 bits per heavy atom. The number of halogens is 1. The van der Waals surface area contributed by atoms with E-state index >= 15 is 0 Å². The monoisotopic (exact) mass is 221 g/mol. The summed E-state index contributed by atoms with van der Waals surface area (Å²) >= 11 is 5.81. The molecular formula is C9H8ClN5. The Morgan fingerprint density at radius 2 is 2.20 bits per heavy atom. The number of nitriles is 1. The van der Waals surface area contributed by atoms with Crippen molar-refractivity contribution < 1.29 is 0 Å². The van der Waals surface area contributed by atoms with Gasteiger partial charge in [-0.15, -0.1) is 0 Å². The number of fused-ring (bicyclic) bond motifs is 1. The smallest absolute Gasteiger partial charge is 0.114 e. The van der Waals surface area contributed by atoms with Gasteiger partial charge in [0.2, 0.25) is 0 Å². The Balaban J connectivity index is 2.35. The molecule has 2 rings (SSSR count). The molecule has 0 aliphatic rings. The molecule has 0 fully saturated rings. The van der Waals surface area contributed by atoms with Gasteiger partial charge in [0.25, 0.3) is 0 Å². The summed E-state index contributed by atoms with van der Waals surface area (Å²) in [5.41, 5.74) is 6.91. The van der Waals surface area contributed by atoms with Crippen molar-refractivity contribution in [2.24, 2.45) is 5.73 Å². The highest BCUT2D eigenvalue weighted by molar-refractivity contribution is 6.31. The van der Waals surface area contributed by atoms with Crippen molar-refractivity contribution in [1.29, 1.82) is 5.26 Å². The van der Waals surface area contributed by atoms with Gasteiger partial charge in [-0.2, -0.15) is 20.3 Å². The van der Waals surface area contributed by atoms with Crippen molar-refractivity contribution in [2.75, 3.05) is 0 Å². The molecule has 1 heterocycles. The summed E-state index contributed by atoms with van der Waals surface area (Å²) < 4.78 is 0. The van der Waals surface area contributed by atoms with Crippen LogP contribution in [-0.4, -0.2) is 21.0 Å². The topological polar surface area (TPSA) is 80.5 Å². The highest BCUT2D eigenvalue weighted by atomic mass is 35.5. The molecule has 0 saturated carbocycles. The third kappa shape index (κ3) is 2.06. The lowest BCUT2D eigenvalue weighted by molar-refractivity contribution is 0.515. The van der Waals surface area contributed by atoms with Gasteiger partial charge in [-0.3, -0.25) is 0 Å². The molecule has 0 amide bonds. The Labute approximate surface area is 91.0 Å². The van der Waals surface area contributed by atoms with Crippen molar-refractivity contribution in [1.82, 2.24) is 15.0 Å². The predicted octanol–water partition coefficient (Wildman–Crippen LogP) is 0.936. The van der Waals surface area contributed by atoms with Gasteiger partial charge in [0, 0.05) is 5.02 Å². The second-order valence-electron chi connectivity index (χ2n) is 3.12. The average molecular weight is 222 g/mol. The molecule has 15 heavy (non-hydrogen) atoms. The molecule has 0 saturated heterocycles. The van der Waals surface area contributed by atoms with Gasteiger partial charge in [0.05, 0.1) is 12.6 Å². The number of hydrogen-bond acceptors (Lipinski definition) is 4. The van der Waals surface area contributed by atoms with Gasteiger partial charge in [-0.05, 0) is 18.2 Å². The van der Waals surface area contributed by atoms with E-state index in [-0.39, 0.29) is 6.54 Å². The van der Waals surface area contributed by atoms with Crippen molar-refractivity contribution in [2.45, 2.75) is 12.6 Å². The van der Waals surface area contributed by atoms with Crippen LogP contribution in [0.15, 0.2) is 18.2 Å². The summed E-state index contributed by atoms with van der Waals surface area (Å²) in [4.78, 5) is 1.41. The number of hydrogen-bond donors (Lipinski definition) is 1. The lowest BCUT2D eigenvalue weighted by Crippen LogP contribution is -2.25. The minimum Gasteiger partial charge on any atom is -0.314 e. The third-order valence-electron chi connectivity index (χ3n) is 1.91. The van der Waals surface area contributed by atoms with Gasteiger partial charge in [0.1, 0.15) is 17.1 Å². The number of benzene rings is 1. The van der Waals surface area contributed by atoms with Crippen LogP contribution < -0.4 is 5.73 Å². The van der Waals surface area contributed by atoms with Crippen molar-refractivity contribution in [3.05, 3.63) is 23.2 Å². The zero-order valence-electron chi connectivity index (χ0n) is 7.76. The van der Waals surface area contributed by atoms with Crippen LogP contribution in [0, 0.1) is 11.3 Å². The van der Waals surface area contributed by atoms with E-state index in [0.717, 1.165) is 5.52 Å². The molecule has 76 valence electrons. The zero-order chi connectivity index (χ0) is 10.8. The largest absolute Gasteiger partial charge is 0.314 e. The maximum Gasteiger partial charge on any atom is 0.114 e. The molecule has 0 radical (unpaired) electrons. The molecule has 0 bridgehead atoms. The fraction of sp³-hybridized carbons (Fsp3) is 0.222. The highest BCUT2D eigenvalue weighted by Crippen LogP contribution is 2.15. The molecule has 6 heteroatoms. The fourth-order valence-electron chi connectivity index (χ4n) is 1.23. The summed E-state index contributed by atoms with van der Waals surface area (Å²) in [7, 11) is 0. The lowest BCUT2D eigenvalue weighted by Gasteiger charge is -1.99. The van der Waals surface area contributed by atoms with E-state index in [1.807, 2.05) is 6.07 Å². The predicted molar refractivity (Wildman–Crippen MR) is 56.1 cm³/mol. The second kappa shape index (κ2) is 3.85. The summed E-state index contributed by atoms with van der Waals surface area (Å²) in [5.74, 6) is 0. The van der Waals surface area contributed by atoms with E-state index in [0.29, 0.717) is 10.5 Å². The van der Waals surface area contributed by atoms with E-state index in [4.69, 9.17) is 22.6 Å². The normalized spacial score (nSPS) is 12.6. The molecule has 2 aromatic rings. The van der Waals surface area contributed by atoms with Gasteiger partial charge in [-0.1, -0.05) is 11.6 Å². The summed E-state index contributed by atoms with van der Waals surface area (Å²) in [6.45, 7) is 0.281. The Hall–Kier alpha value is -1.64. The number of rotatable bonds is 2. The minimum absolute atomic E-state index is 0.281. The number of nitrogens with zero attached hydrogens (tertiary/aromatic N) is 4. The first-order chi connectivity index (χ1) is 7.19. The van der Waals surface area contributed by atoms with E-state index in [2.05, 4.69) is 10.2 Å². The lowest BCUT2D eigenvalue weighted by atomic mass is 10.3. The number of nitrogens with two attached hydrogens (primary N) is 1. The van der Waals surface area contributed by atoms with E-state index in [9.17, 15) is 0 Å². The number of aromatic nitrogens is 3. The zero-order valence-corrected chi connectivity index (χ0v) is 8.52. The summed E-state index contributed by atoms with van der Waals surface area (Å²) in [6.07, 6.45) is 0. The van der Waals surface area contributed by atoms with Crippen LogP contribution in [0.25, 0.3) is 11.0 Å². The van der Waals surface area contributed by atoms with Crippen LogP contribution in [0.5, 0.6) is 0 Å². The van der Waals surface area contributed by atoms with Crippen molar-refractivity contribution >= 4 is 22.6 Å². The minimum atomic E-state index is -0.595. The highest BCUT2D eigenvalue weighted by Gasteiger charge is 2.06. The maximum atomic E-state index is 8.55. The van der Waals surface area contributed by atoms with Crippen LogP contribution in [-0.2, 0) is 6.54 Å². The molecule has 2 N–H and O–H groups in total. The molecule has 1 atom stereocenters. The third-order valence-corrected chi connectivity index (χ3v) is 2.14. The maximum absolute atomic E-state index is 8.55. The van der Waals surface area contributed by atoms with E-state index < -0.39 is 6.04 Å². The van der Waals surface area contributed by atoms with Gasteiger partial charge >= 0.3 is 0 Å². The standard InChI is InChI=1S/C9H8ClN5/c10-6-1-2-8-9(3-6)14-15(13-8)5-7(12)4-11/h1-3,7H,5,12H2. The van der Waals surface area contributed by atoms with Gasteiger partial charge in [0.15, 0.2) is 0 Å². The molecule has 5 nitrogen and oxygen atoms in total. The first-order valence-corrected chi connectivity index (χ1v) is 4.72. The van der Waals surface area contributed by atoms with Crippen molar-refractivity contribution in [3.8, 4) is 6.07 Å². The van der Waals surface area contributed by atoms with Crippen LogP contribution >= 0.6 is 11.6 Å². The quantitative estimate of drug-likeness (QED) is 0.818. The van der Waals surface area contributed by atoms with E-state index in [1.165, 1.54) is 4.80 Å². The van der Waals surface area contributed by atoms with Crippen LogP contribution in [0.2, 0.25) is 5.02 Å². The Kier molecular flexibility index (Phi) is 2.54. The molecule has 0 spiro atoms. The van der Waals surface area contributed by atoms with Crippen LogP contribution in [0.3, 0.4) is 0 Å². The molecule has 0 aliphatic carbocycles. The second-order valence-corrected chi connectivity index (χ2v) is 3.56. The molecule has 1 aromatic heterocycles. The average Bonchev–Trinajstić information content (AvgIpc) is 2.59. The van der Waals surface area contributed by atoms with Crippen LogP contribution in [0.4, 0.5) is 0 Å².